The van der Waals surface area contributed by atoms with Crippen molar-refractivity contribution in [1.29, 1.82) is 0 Å². The van der Waals surface area contributed by atoms with Gasteiger partial charge in [-0.05, 0) is 245 Å². The van der Waals surface area contributed by atoms with E-state index in [0.29, 0.717) is 73.1 Å². The number of hydrogen-bond donors (Lipinski definition) is 6. The number of rotatable bonds is 26. The number of benzene rings is 8. The van der Waals surface area contributed by atoms with Crippen LogP contribution in [-0.4, -0.2) is 185 Å². The Morgan fingerprint density at radius 1 is 0.583 bits per heavy atom. The molecule has 0 saturated heterocycles. The van der Waals surface area contributed by atoms with Gasteiger partial charge >= 0.3 is 46.5 Å². The number of allylic oxidation sites excluding steroid dienone is 1. The van der Waals surface area contributed by atoms with Crippen molar-refractivity contribution in [2.45, 2.75) is 166 Å². The number of carbonyl (C=O) groups is 5. The minimum Gasteiger partial charge on any atom is -1.00 e. The number of hydrazone groups is 1. The number of nitro benzene ring substituents is 2. The van der Waals surface area contributed by atoms with Gasteiger partial charge < -0.3 is 116 Å². The molecule has 0 amide bonds. The summed E-state index contributed by atoms with van der Waals surface area (Å²) in [5.41, 5.74) is 21.2. The van der Waals surface area contributed by atoms with Crippen LogP contribution in [0.1, 0.15) is 177 Å². The first kappa shape index (κ1) is 132. The van der Waals surface area contributed by atoms with Crippen LogP contribution in [-0.2, 0) is 65.5 Å². The quantitative estimate of drug-likeness (QED) is 0.00238. The fourth-order valence-electron chi connectivity index (χ4n) is 13.8. The number of nitrogen functional groups attached to an aromatic ring is 1. The van der Waals surface area contributed by atoms with Crippen LogP contribution in [0.15, 0.2) is 210 Å². The number of aldehydes is 1. The van der Waals surface area contributed by atoms with E-state index in [9.17, 15) is 44.2 Å². The molecular formula is C106H138Cl3I3N10O21Zn. The number of phenols is 1. The summed E-state index contributed by atoms with van der Waals surface area (Å²) in [4.78, 5) is 80.5. The van der Waals surface area contributed by atoms with Gasteiger partial charge in [-0.1, -0.05) is 83.9 Å². The standard InChI is InChI=1S/C25H26N2O6.C18H24NO3.C14H20NO2.C12H18N2O.C12H15NO.C7H10N2O.C7H5NO4.C5H10O.C4H5ClO.C2H5IO.2ClH.2HI.Zn/c1-16(2)23(28)32-13-12-26-21-8-7-19(31-5)15-20(21)24(3,4)25(26)11-10-17-14-18(27(29)30)6-9-22(17)33-25;1-12(2)17(20)22-10-9-19-13(3)18(4,5)15-11-14(21-6)7-8-16(15)19;1-10-14(2,3)12-9-11(17-4)5-6-13(12)15(10)7-8-16;1-9(2)10(3)13-14-11-5-7-12(15-4)8-6-11;1-8-12(2,3)10-7-9(14-4)5-6-11(10)13-8;1-10-7-4-2-6(9-8)3-5-7;9-4-5-3-6(8(11)12)1-2-7(5)10;1-4(2)5(3)6;1-3(2)4(5)6;3-1-2-4;;;;;/h6-11,14-15H,1,12-13H2,2-5H3;7-8,11H,1,9-10H2,2-6H3;5-6,9,16H,7-8H2,1-4H3;5-9,14H,1-4H3;5-7H,1-4H3;2-5,9H,8H2,1H3;1-4,10H;4H,1-3H3;1H2,2H3;4H,1-2H2;4*1H;/q;2*+1;;;;;;;;;;;;+2/p-4/b;;;13-10-;;;;;;;;;;;. The summed E-state index contributed by atoms with van der Waals surface area (Å²) in [5, 5.41) is 51.2. The summed E-state index contributed by atoms with van der Waals surface area (Å²) in [6.45, 7) is 53.2. The Labute approximate surface area is 915 Å². The topological polar surface area (TPSA) is 399 Å². The number of fused-ring (bicyclic) bond motifs is 5. The summed E-state index contributed by atoms with van der Waals surface area (Å²) in [5.74, 6) is 10.6. The minimum atomic E-state index is -0.944. The number of aliphatic hydroxyl groups excluding tert-OH is 2. The molecule has 31 nitrogen and oxygen atoms in total. The number of methoxy groups -OCH3 is 6. The number of alkyl halides is 1. The zero-order valence-corrected chi connectivity index (χ0v) is 98.8. The Balaban J connectivity index is 0.000000835. The van der Waals surface area contributed by atoms with Crippen molar-refractivity contribution in [3.8, 4) is 46.0 Å². The van der Waals surface area contributed by atoms with Crippen molar-refractivity contribution in [1.82, 2.24) is 0 Å². The largest absolute Gasteiger partial charge is 1.00 e. The van der Waals surface area contributed by atoms with Gasteiger partial charge in [0.1, 0.15) is 65.0 Å². The van der Waals surface area contributed by atoms with Gasteiger partial charge in [0, 0.05) is 122 Å². The van der Waals surface area contributed by atoms with E-state index >= 15 is 0 Å². The molecule has 8 aromatic rings. The number of non-ortho nitro benzene ring substituents is 2. The molecule has 7 N–H and O–H groups in total. The van der Waals surface area contributed by atoms with Crippen LogP contribution >= 0.6 is 53.6 Å². The van der Waals surface area contributed by atoms with Crippen LogP contribution in [0.4, 0.5) is 45.5 Å². The Hall–Kier alpha value is -10.5. The molecule has 5 aliphatic heterocycles. The van der Waals surface area contributed by atoms with E-state index in [1.54, 1.807) is 76.4 Å². The van der Waals surface area contributed by atoms with E-state index in [4.69, 9.17) is 94.8 Å². The molecule has 8 aromatic carbocycles. The normalized spacial score (nSPS) is 14.2. The second-order valence-electron chi connectivity index (χ2n) is 35.1. The third-order valence-corrected chi connectivity index (χ3v) is 24.5. The summed E-state index contributed by atoms with van der Waals surface area (Å²) in [6.07, 6.45) is 4.14. The van der Waals surface area contributed by atoms with Gasteiger partial charge in [-0.3, -0.25) is 50.9 Å². The molecule has 782 valence electrons. The van der Waals surface area contributed by atoms with Gasteiger partial charge in [0.25, 0.3) is 11.4 Å². The molecule has 5 aliphatic rings. The number of aliphatic hydroxyl groups is 2. The number of hydrazine groups is 1. The smallest absolute Gasteiger partial charge is 1.00 e. The van der Waals surface area contributed by atoms with Gasteiger partial charge in [0.2, 0.25) is 22.3 Å². The number of nitro groups is 2. The van der Waals surface area contributed by atoms with Crippen LogP contribution < -0.4 is 103 Å². The van der Waals surface area contributed by atoms with Crippen LogP contribution in [0.2, 0.25) is 0 Å². The van der Waals surface area contributed by atoms with Crippen LogP contribution in [0, 0.1) is 32.1 Å². The second kappa shape index (κ2) is 63.1. The average molecular weight is 2440 g/mol. The number of ether oxygens (including phenoxy) is 9. The molecule has 1 unspecified atom stereocenters. The van der Waals surface area contributed by atoms with E-state index in [0.717, 1.165) is 96.8 Å². The molecule has 0 saturated carbocycles. The van der Waals surface area contributed by atoms with E-state index in [1.807, 2.05) is 124 Å². The van der Waals surface area contributed by atoms with Crippen LogP contribution in [0.25, 0.3) is 6.08 Å². The number of nitrogens with two attached hydrogens (primary N) is 1. The first-order valence-corrected chi connectivity index (χ1v) is 54.8. The Bertz CT molecular complexity index is 5820. The molecule has 1 spiro atoms. The maximum atomic E-state index is 11.9. The van der Waals surface area contributed by atoms with Gasteiger partial charge in [0.05, 0.1) is 98.8 Å². The Kier molecular flexibility index (Phi) is 57.7. The fraction of sp³-hybridized carbons (Fsp3) is 0.387. The summed E-state index contributed by atoms with van der Waals surface area (Å²) in [6, 6.07) is 47.0. The number of nitrogens with one attached hydrogen (secondary N) is 2. The predicted molar refractivity (Wildman–Crippen MR) is 574 cm³/mol. The number of carbonyl (C=O) groups excluding carboxylic acids is 5. The molecule has 5 heterocycles. The third-order valence-electron chi connectivity index (χ3n) is 23.7. The van der Waals surface area contributed by atoms with E-state index in [2.05, 4.69) is 198 Å². The van der Waals surface area contributed by atoms with E-state index < -0.39 is 47.3 Å². The predicted octanol–water partition coefficient (Wildman–Crippen LogP) is 16.6. The molecule has 144 heavy (non-hydrogen) atoms. The number of anilines is 3. The molecule has 0 aromatic heterocycles. The molecular weight excluding hydrogens is 2300 g/mol. The van der Waals surface area contributed by atoms with Crippen LogP contribution in [0.3, 0.4) is 0 Å². The molecule has 0 bridgehead atoms. The number of ketones is 1. The minimum absolute atomic E-state index is 0. The van der Waals surface area contributed by atoms with E-state index in [1.165, 1.54) is 51.6 Å². The van der Waals surface area contributed by atoms with Crippen molar-refractivity contribution in [3.63, 3.8) is 0 Å². The molecule has 0 radical (unpaired) electrons. The molecule has 0 aliphatic carbocycles. The first-order valence-electron chi connectivity index (χ1n) is 45.1. The third kappa shape index (κ3) is 37.5. The van der Waals surface area contributed by atoms with Gasteiger partial charge in [-0.25, -0.2) is 9.59 Å². The number of halogens is 6. The van der Waals surface area contributed by atoms with Crippen molar-refractivity contribution >= 4 is 157 Å². The SMILES string of the molecule is C=C(C)C(=O)Cl.C=C(C)C(=O)OCCN1c2ccc(OC)cc2C(C)(C)C12C=Cc1cc([N+](=O)[O-])ccc1O2.C=C(C)C(=O)OCC[N+]1=C(C)C(C)(C)c2cc(OC)ccc21.CC(=O)C(C)C.COc1ccc(N/N=C(/C)C(C)C)cc1.COc1ccc(NN)cc1.COc1ccc2c(c1)C(C)(C)C(C)=N2.COc1ccc2c(c1)C(C)(C)C(C)=[N+]2CCO.O=Cc1cc([N+](=O)[O-])ccc1O.OCCI.[Cl][Zn][Cl].[I-].[I-]. The average Bonchev–Trinajstić information content (AvgIpc) is 1.53. The Morgan fingerprint density at radius 2 is 0.986 bits per heavy atom. The van der Waals surface area contributed by atoms with E-state index in [-0.39, 0.29) is 118 Å². The Morgan fingerprint density at radius 3 is 1.39 bits per heavy atom. The zero-order chi connectivity index (χ0) is 108. The number of esters is 2. The maximum absolute atomic E-state index is 11.9. The summed E-state index contributed by atoms with van der Waals surface area (Å²) in [7, 11) is 19.9. The molecule has 38 heteroatoms. The van der Waals surface area contributed by atoms with Crippen molar-refractivity contribution in [2.24, 2.45) is 27.8 Å². The number of β-amino-alcohol motifs (C(OH)–C–C–N with tert-alkyl or cyclic N) is 1. The zero-order valence-electron chi connectivity index (χ0n) is 87.0. The number of Topliss-reactive ketones (excluding diaryl/α,β-unsaturated/α-hetero) is 1. The summed E-state index contributed by atoms with van der Waals surface area (Å²) >= 11 is 6.05. The number of aliphatic imine (C=N–C) groups is 1. The first-order chi connectivity index (χ1) is 66.7. The summed E-state index contributed by atoms with van der Waals surface area (Å²) < 4.78 is 53.8. The maximum Gasteiger partial charge on any atom is -1.00 e. The number of nitrogens with zero attached hydrogens (tertiary/aromatic N) is 7. The monoisotopic (exact) mass is 2440 g/mol. The number of hydrogen-bond acceptors (Lipinski definition) is 27. The molecule has 0 fully saturated rings. The molecule has 1 atom stereocenters. The van der Waals surface area contributed by atoms with Crippen molar-refractivity contribution < 1.29 is 164 Å². The van der Waals surface area contributed by atoms with Crippen molar-refractivity contribution in [3.05, 3.63) is 254 Å². The van der Waals surface area contributed by atoms with Crippen LogP contribution in [0.5, 0.6) is 46.0 Å². The van der Waals surface area contributed by atoms with Gasteiger partial charge in [0.15, 0.2) is 37.4 Å². The number of aromatic hydroxyl groups is 1. The fourth-order valence-corrected chi connectivity index (χ4v) is 13.8. The number of phenolic OH excluding ortho intramolecular Hbond substituents is 1. The van der Waals surface area contributed by atoms with Gasteiger partial charge in [-0.2, -0.15) is 14.3 Å². The molecule has 13 rings (SSSR count). The van der Waals surface area contributed by atoms with Crippen molar-refractivity contribution in [2.75, 3.05) is 109 Å². The van der Waals surface area contributed by atoms with Gasteiger partial charge in [-0.15, -0.1) is 0 Å². The second-order valence-corrected chi connectivity index (χ2v) is 41.1.